The zero-order valence-corrected chi connectivity index (χ0v) is 11.3. The predicted octanol–water partition coefficient (Wildman–Crippen LogP) is 2.43. The highest BCUT2D eigenvalue weighted by atomic mass is 19.1. The second-order valence-electron chi connectivity index (χ2n) is 4.44. The van der Waals surface area contributed by atoms with Gasteiger partial charge in [-0.1, -0.05) is 24.3 Å². The van der Waals surface area contributed by atoms with Gasteiger partial charge in [-0.3, -0.25) is 4.79 Å². The average Bonchev–Trinajstić information content (AvgIpc) is 2.49. The van der Waals surface area contributed by atoms with Crippen LogP contribution in [0.3, 0.4) is 0 Å². The van der Waals surface area contributed by atoms with Crippen LogP contribution in [0.2, 0.25) is 0 Å². The lowest BCUT2D eigenvalue weighted by atomic mass is 10.2. The number of nitriles is 1. The molecule has 4 nitrogen and oxygen atoms in total. The van der Waals surface area contributed by atoms with Gasteiger partial charge < -0.3 is 10.6 Å². The Morgan fingerprint density at radius 3 is 2.76 bits per heavy atom. The summed E-state index contributed by atoms with van der Waals surface area (Å²) in [6.07, 6.45) is 0. The van der Waals surface area contributed by atoms with Gasteiger partial charge in [0.2, 0.25) is 5.91 Å². The number of carbonyl (C=O) groups excluding carboxylic acids is 1. The van der Waals surface area contributed by atoms with Gasteiger partial charge in [-0.25, -0.2) is 4.39 Å². The lowest BCUT2D eigenvalue weighted by Crippen LogP contribution is -2.28. The molecule has 0 radical (unpaired) electrons. The van der Waals surface area contributed by atoms with Gasteiger partial charge >= 0.3 is 0 Å². The van der Waals surface area contributed by atoms with Crippen molar-refractivity contribution < 1.29 is 9.18 Å². The van der Waals surface area contributed by atoms with E-state index in [2.05, 4.69) is 10.6 Å². The Morgan fingerprint density at radius 2 is 2.00 bits per heavy atom. The first kappa shape index (κ1) is 14.7. The van der Waals surface area contributed by atoms with E-state index in [0.717, 1.165) is 0 Å². The Hall–Kier alpha value is -2.71. The Balaban J connectivity index is 1.83. The number of hydrogen-bond acceptors (Lipinski definition) is 3. The molecule has 0 aromatic heterocycles. The predicted molar refractivity (Wildman–Crippen MR) is 77.9 cm³/mol. The van der Waals surface area contributed by atoms with Crippen LogP contribution < -0.4 is 10.6 Å². The summed E-state index contributed by atoms with van der Waals surface area (Å²) in [6.45, 7) is 0.337. The fourth-order valence-corrected chi connectivity index (χ4v) is 1.82. The Morgan fingerprint density at radius 1 is 1.19 bits per heavy atom. The first-order valence-corrected chi connectivity index (χ1v) is 6.43. The molecule has 21 heavy (non-hydrogen) atoms. The molecule has 0 spiro atoms. The number of anilines is 1. The van der Waals surface area contributed by atoms with Crippen LogP contribution in [0, 0.1) is 17.1 Å². The van der Waals surface area contributed by atoms with E-state index in [1.54, 1.807) is 42.5 Å². The van der Waals surface area contributed by atoms with E-state index in [1.807, 2.05) is 6.07 Å². The van der Waals surface area contributed by atoms with Crippen molar-refractivity contribution >= 4 is 11.6 Å². The highest BCUT2D eigenvalue weighted by Gasteiger charge is 2.04. The molecule has 0 saturated heterocycles. The van der Waals surface area contributed by atoms with Gasteiger partial charge in [0.15, 0.2) is 0 Å². The topological polar surface area (TPSA) is 64.9 Å². The first-order valence-electron chi connectivity index (χ1n) is 6.43. The summed E-state index contributed by atoms with van der Waals surface area (Å²) < 4.78 is 13.4. The van der Waals surface area contributed by atoms with Crippen molar-refractivity contribution in [2.45, 2.75) is 6.54 Å². The molecule has 1 amide bonds. The van der Waals surface area contributed by atoms with Crippen molar-refractivity contribution in [3.63, 3.8) is 0 Å². The van der Waals surface area contributed by atoms with Crippen molar-refractivity contribution in [3.05, 3.63) is 65.5 Å². The SMILES string of the molecule is N#Cc1cccc(NC(=O)CNCc2ccccc2F)c1. The van der Waals surface area contributed by atoms with Crippen molar-refractivity contribution in [2.75, 3.05) is 11.9 Å². The molecule has 2 aromatic rings. The molecule has 0 aliphatic rings. The minimum atomic E-state index is -0.299. The summed E-state index contributed by atoms with van der Waals surface area (Å²) in [4.78, 5) is 11.7. The van der Waals surface area contributed by atoms with E-state index >= 15 is 0 Å². The third kappa shape index (κ3) is 4.41. The van der Waals surface area contributed by atoms with Gasteiger partial charge in [0, 0.05) is 17.8 Å². The van der Waals surface area contributed by atoms with Crippen LogP contribution >= 0.6 is 0 Å². The molecule has 106 valence electrons. The minimum absolute atomic E-state index is 0.0606. The molecule has 0 fully saturated rings. The van der Waals surface area contributed by atoms with Gasteiger partial charge in [0.25, 0.3) is 0 Å². The van der Waals surface area contributed by atoms with Crippen molar-refractivity contribution in [3.8, 4) is 6.07 Å². The Labute approximate surface area is 122 Å². The molecule has 5 heteroatoms. The maximum absolute atomic E-state index is 13.4. The average molecular weight is 283 g/mol. The van der Waals surface area contributed by atoms with Crippen molar-refractivity contribution in [1.29, 1.82) is 5.26 Å². The van der Waals surface area contributed by atoms with Gasteiger partial charge in [0.05, 0.1) is 18.2 Å². The highest BCUT2D eigenvalue weighted by Crippen LogP contribution is 2.09. The fraction of sp³-hybridized carbons (Fsp3) is 0.125. The first-order chi connectivity index (χ1) is 10.2. The zero-order chi connectivity index (χ0) is 15.1. The molecule has 2 N–H and O–H groups in total. The van der Waals surface area contributed by atoms with Crippen LogP contribution in [0.4, 0.5) is 10.1 Å². The number of nitrogens with zero attached hydrogens (tertiary/aromatic N) is 1. The molecular weight excluding hydrogens is 269 g/mol. The summed E-state index contributed by atoms with van der Waals surface area (Å²) in [5.41, 5.74) is 1.55. The number of nitrogens with one attached hydrogen (secondary N) is 2. The molecule has 0 unspecified atom stereocenters. The smallest absolute Gasteiger partial charge is 0.238 e. The van der Waals surface area contributed by atoms with Crippen molar-refractivity contribution in [2.24, 2.45) is 0 Å². The van der Waals surface area contributed by atoms with E-state index in [9.17, 15) is 9.18 Å². The third-order valence-electron chi connectivity index (χ3n) is 2.83. The number of carbonyl (C=O) groups is 1. The number of rotatable bonds is 5. The highest BCUT2D eigenvalue weighted by molar-refractivity contribution is 5.92. The van der Waals surface area contributed by atoms with Crippen LogP contribution in [-0.4, -0.2) is 12.5 Å². The van der Waals surface area contributed by atoms with Gasteiger partial charge in [-0.15, -0.1) is 0 Å². The lowest BCUT2D eigenvalue weighted by Gasteiger charge is -2.07. The third-order valence-corrected chi connectivity index (χ3v) is 2.83. The number of hydrogen-bond donors (Lipinski definition) is 2. The summed E-state index contributed by atoms with van der Waals surface area (Å²) in [5.74, 6) is -0.548. The molecule has 2 aromatic carbocycles. The monoisotopic (exact) mass is 283 g/mol. The van der Waals surface area contributed by atoms with Crippen LogP contribution in [0.25, 0.3) is 0 Å². The molecule has 0 saturated carbocycles. The standard InChI is InChI=1S/C16H14FN3O/c17-15-7-2-1-5-13(15)10-19-11-16(21)20-14-6-3-4-12(8-14)9-18/h1-8,19H,10-11H2,(H,20,21). The van der Waals surface area contributed by atoms with E-state index in [0.29, 0.717) is 16.8 Å². The molecule has 0 heterocycles. The maximum atomic E-state index is 13.4. The largest absolute Gasteiger partial charge is 0.325 e. The summed E-state index contributed by atoms with van der Waals surface area (Å²) in [6, 6.07) is 15.1. The Bertz CT molecular complexity index is 679. The van der Waals surface area contributed by atoms with Crippen molar-refractivity contribution in [1.82, 2.24) is 5.32 Å². The van der Waals surface area contributed by atoms with Gasteiger partial charge in [0.1, 0.15) is 5.82 Å². The second-order valence-corrected chi connectivity index (χ2v) is 4.44. The minimum Gasteiger partial charge on any atom is -0.325 e. The van der Waals surface area contributed by atoms with E-state index in [1.165, 1.54) is 6.07 Å². The van der Waals surface area contributed by atoms with Gasteiger partial charge in [-0.2, -0.15) is 5.26 Å². The zero-order valence-electron chi connectivity index (χ0n) is 11.3. The lowest BCUT2D eigenvalue weighted by molar-refractivity contribution is -0.115. The Kier molecular flexibility index (Phi) is 5.02. The quantitative estimate of drug-likeness (QED) is 0.885. The van der Waals surface area contributed by atoms with Gasteiger partial charge in [-0.05, 0) is 24.3 Å². The van der Waals surface area contributed by atoms with Crippen LogP contribution in [0.5, 0.6) is 0 Å². The van der Waals surface area contributed by atoms with Crippen LogP contribution in [-0.2, 0) is 11.3 Å². The van der Waals surface area contributed by atoms with Crippen LogP contribution in [0.1, 0.15) is 11.1 Å². The summed E-state index contributed by atoms with van der Waals surface area (Å²) >= 11 is 0. The second kappa shape index (κ2) is 7.17. The van der Waals surface area contributed by atoms with Crippen LogP contribution in [0.15, 0.2) is 48.5 Å². The fourth-order valence-electron chi connectivity index (χ4n) is 1.82. The van der Waals surface area contributed by atoms with E-state index in [-0.39, 0.29) is 24.8 Å². The van der Waals surface area contributed by atoms with E-state index in [4.69, 9.17) is 5.26 Å². The number of amides is 1. The van der Waals surface area contributed by atoms with E-state index < -0.39 is 0 Å². The molecule has 2 rings (SSSR count). The maximum Gasteiger partial charge on any atom is 0.238 e. The summed E-state index contributed by atoms with van der Waals surface area (Å²) in [7, 11) is 0. The molecule has 0 bridgehead atoms. The molecule has 0 aliphatic heterocycles. The normalized spacial score (nSPS) is 9.90. The summed E-state index contributed by atoms with van der Waals surface area (Å²) in [5, 5.41) is 14.3. The molecular formula is C16H14FN3O. The molecule has 0 atom stereocenters. The number of benzene rings is 2. The molecule has 0 aliphatic carbocycles. The number of halogens is 1.